The van der Waals surface area contributed by atoms with E-state index in [4.69, 9.17) is 5.10 Å². The third-order valence-corrected chi connectivity index (χ3v) is 5.56. The van der Waals surface area contributed by atoms with Gasteiger partial charge < -0.3 is 0 Å². The summed E-state index contributed by atoms with van der Waals surface area (Å²) in [6.07, 6.45) is 5.95. The van der Waals surface area contributed by atoms with Gasteiger partial charge in [-0.25, -0.2) is 4.68 Å². The Morgan fingerprint density at radius 2 is 1.20 bits per heavy atom. The van der Waals surface area contributed by atoms with Crippen molar-refractivity contribution in [1.29, 1.82) is 0 Å². The highest BCUT2D eigenvalue weighted by Crippen LogP contribution is 2.24. The van der Waals surface area contributed by atoms with Crippen LogP contribution >= 0.6 is 0 Å². The van der Waals surface area contributed by atoms with E-state index in [9.17, 15) is 0 Å². The number of hydrogen-bond acceptors (Lipinski definition) is 2. The average molecular weight is 452 g/mol. The minimum atomic E-state index is 0.937. The molecule has 0 amide bonds. The molecule has 3 heteroatoms. The molecule has 2 aromatic heterocycles. The highest BCUT2D eigenvalue weighted by Gasteiger charge is 2.10. The van der Waals surface area contributed by atoms with Crippen molar-refractivity contribution in [3.8, 4) is 16.9 Å². The first-order chi connectivity index (χ1) is 17.4. The van der Waals surface area contributed by atoms with Gasteiger partial charge in [-0.2, -0.15) is 5.10 Å². The predicted octanol–water partition coefficient (Wildman–Crippen LogP) is 7.94. The molecule has 0 saturated heterocycles. The Morgan fingerprint density at radius 1 is 0.571 bits per heavy atom. The number of para-hydroxylation sites is 2. The van der Waals surface area contributed by atoms with E-state index in [1.165, 1.54) is 5.39 Å². The molecule has 0 aliphatic carbocycles. The summed E-state index contributed by atoms with van der Waals surface area (Å²) in [7, 11) is 0. The average Bonchev–Trinajstić information content (AvgIpc) is 3.38. The molecule has 6 rings (SSSR count). The fraction of sp³-hybridized carbons (Fsp3) is 0. The monoisotopic (exact) mass is 451 g/mol. The molecule has 0 fully saturated rings. The molecule has 0 spiro atoms. The molecular formula is C32H25N3. The van der Waals surface area contributed by atoms with Crippen molar-refractivity contribution in [2.24, 2.45) is 0 Å². The minimum Gasteiger partial charge on any atom is -0.256 e. The van der Waals surface area contributed by atoms with Gasteiger partial charge in [0.1, 0.15) is 0 Å². The summed E-state index contributed by atoms with van der Waals surface area (Å²) in [6, 6.07) is 45.1. The molecule has 0 unspecified atom stereocenters. The molecule has 3 nitrogen and oxygen atoms in total. The summed E-state index contributed by atoms with van der Waals surface area (Å²) in [5.74, 6) is 0. The van der Waals surface area contributed by atoms with Crippen molar-refractivity contribution >= 4 is 23.1 Å². The zero-order chi connectivity index (χ0) is 23.7. The number of rotatable bonds is 4. The highest BCUT2D eigenvalue weighted by atomic mass is 15.3. The standard InChI is InChI=1S/C23H18N2.C9H7N/c1-4-10-19(11-5-1)16-17-21-18-23(20-12-6-2-7-13-20)25(24-21)22-14-8-3-9-15-22;1-2-6-9-8(4-1)5-3-7-10-9/h1-18H;1-7H. The molecule has 0 aliphatic heterocycles. The van der Waals surface area contributed by atoms with Crippen LogP contribution in [-0.2, 0) is 0 Å². The normalized spacial score (nSPS) is 10.7. The van der Waals surface area contributed by atoms with Crippen LogP contribution in [0.4, 0.5) is 0 Å². The zero-order valence-corrected chi connectivity index (χ0v) is 19.3. The Hall–Kier alpha value is -4.76. The SMILES string of the molecule is C(=Cc1cc(-c2ccccc2)n(-c2ccccc2)n1)c1ccccc1.c1ccc2ncccc2c1. The maximum atomic E-state index is 4.80. The van der Waals surface area contributed by atoms with Crippen LogP contribution in [0.25, 0.3) is 40.0 Å². The molecule has 0 bridgehead atoms. The fourth-order valence-electron chi connectivity index (χ4n) is 3.82. The first-order valence-electron chi connectivity index (χ1n) is 11.6. The molecule has 2 heterocycles. The number of benzene rings is 4. The van der Waals surface area contributed by atoms with E-state index in [1.54, 1.807) is 0 Å². The zero-order valence-electron chi connectivity index (χ0n) is 19.3. The van der Waals surface area contributed by atoms with E-state index in [0.29, 0.717) is 0 Å². The van der Waals surface area contributed by atoms with E-state index in [1.807, 2.05) is 77.6 Å². The van der Waals surface area contributed by atoms with E-state index < -0.39 is 0 Å². The second-order valence-corrected chi connectivity index (χ2v) is 8.01. The first kappa shape index (κ1) is 22.1. The van der Waals surface area contributed by atoms with Gasteiger partial charge in [0.2, 0.25) is 0 Å². The van der Waals surface area contributed by atoms with Gasteiger partial charge in [0.05, 0.1) is 22.6 Å². The van der Waals surface area contributed by atoms with E-state index in [2.05, 4.69) is 83.9 Å². The lowest BCUT2D eigenvalue weighted by Crippen LogP contribution is -1.98. The van der Waals surface area contributed by atoms with Gasteiger partial charge in [0, 0.05) is 17.1 Å². The third-order valence-electron chi connectivity index (χ3n) is 5.56. The predicted molar refractivity (Wildman–Crippen MR) is 146 cm³/mol. The van der Waals surface area contributed by atoms with E-state index >= 15 is 0 Å². The fourth-order valence-corrected chi connectivity index (χ4v) is 3.82. The smallest absolute Gasteiger partial charge is 0.0862 e. The largest absolute Gasteiger partial charge is 0.256 e. The summed E-state index contributed by atoms with van der Waals surface area (Å²) < 4.78 is 2.00. The van der Waals surface area contributed by atoms with Gasteiger partial charge in [-0.1, -0.05) is 109 Å². The van der Waals surface area contributed by atoms with Crippen molar-refractivity contribution in [2.75, 3.05) is 0 Å². The maximum Gasteiger partial charge on any atom is 0.0862 e. The van der Waals surface area contributed by atoms with Gasteiger partial charge in [-0.3, -0.25) is 4.98 Å². The Labute approximate surface area is 205 Å². The molecule has 6 aromatic rings. The second-order valence-electron chi connectivity index (χ2n) is 8.01. The molecule has 0 atom stereocenters. The highest BCUT2D eigenvalue weighted by molar-refractivity contribution is 5.77. The van der Waals surface area contributed by atoms with E-state index in [-0.39, 0.29) is 0 Å². The number of pyridine rings is 1. The Balaban J connectivity index is 0.000000211. The van der Waals surface area contributed by atoms with Gasteiger partial charge in [0.15, 0.2) is 0 Å². The number of aromatic nitrogens is 3. The van der Waals surface area contributed by atoms with Crippen LogP contribution in [0, 0.1) is 0 Å². The van der Waals surface area contributed by atoms with Crippen LogP contribution in [-0.4, -0.2) is 14.8 Å². The Bertz CT molecular complexity index is 1400. The number of fused-ring (bicyclic) bond motifs is 1. The quantitative estimate of drug-likeness (QED) is 0.272. The van der Waals surface area contributed by atoms with Crippen molar-refractivity contribution in [2.45, 2.75) is 0 Å². The van der Waals surface area contributed by atoms with Gasteiger partial charge in [0.25, 0.3) is 0 Å². The second kappa shape index (κ2) is 10.9. The Morgan fingerprint density at radius 3 is 1.94 bits per heavy atom. The summed E-state index contributed by atoms with van der Waals surface area (Å²) in [4.78, 5) is 4.18. The van der Waals surface area contributed by atoms with Crippen LogP contribution in [0.15, 0.2) is 140 Å². The molecule has 0 aliphatic rings. The lowest BCUT2D eigenvalue weighted by Gasteiger charge is -2.07. The third kappa shape index (κ3) is 5.60. The van der Waals surface area contributed by atoms with Gasteiger partial charge in [-0.15, -0.1) is 0 Å². The maximum absolute atomic E-state index is 4.80. The lowest BCUT2D eigenvalue weighted by molar-refractivity contribution is 0.883. The van der Waals surface area contributed by atoms with Crippen LogP contribution in [0.2, 0.25) is 0 Å². The molecule has 35 heavy (non-hydrogen) atoms. The summed E-state index contributed by atoms with van der Waals surface area (Å²) in [5.41, 5.74) is 6.45. The topological polar surface area (TPSA) is 30.7 Å². The number of hydrogen-bond donors (Lipinski definition) is 0. The summed E-state index contributed by atoms with van der Waals surface area (Å²) in [5, 5.41) is 6.00. The number of nitrogens with zero attached hydrogens (tertiary/aromatic N) is 3. The van der Waals surface area contributed by atoms with Crippen LogP contribution in [0.1, 0.15) is 11.3 Å². The molecule has 0 radical (unpaired) electrons. The van der Waals surface area contributed by atoms with E-state index in [0.717, 1.165) is 33.7 Å². The molecular weight excluding hydrogens is 426 g/mol. The minimum absolute atomic E-state index is 0.937. The first-order valence-corrected chi connectivity index (χ1v) is 11.6. The van der Waals surface area contributed by atoms with Crippen molar-refractivity contribution in [3.63, 3.8) is 0 Å². The van der Waals surface area contributed by atoms with Crippen LogP contribution in [0.3, 0.4) is 0 Å². The summed E-state index contributed by atoms with van der Waals surface area (Å²) >= 11 is 0. The molecule has 0 saturated carbocycles. The molecule has 4 aromatic carbocycles. The summed E-state index contributed by atoms with van der Waals surface area (Å²) in [6.45, 7) is 0. The van der Waals surface area contributed by atoms with Crippen molar-refractivity contribution < 1.29 is 0 Å². The van der Waals surface area contributed by atoms with Crippen LogP contribution < -0.4 is 0 Å². The van der Waals surface area contributed by atoms with Gasteiger partial charge >= 0.3 is 0 Å². The molecule has 0 N–H and O–H groups in total. The Kier molecular flexibility index (Phi) is 6.87. The van der Waals surface area contributed by atoms with Crippen LogP contribution in [0.5, 0.6) is 0 Å². The van der Waals surface area contributed by atoms with Crippen molar-refractivity contribution in [1.82, 2.24) is 14.8 Å². The molecule has 168 valence electrons. The van der Waals surface area contributed by atoms with Gasteiger partial charge in [-0.05, 0) is 42.0 Å². The lowest BCUT2D eigenvalue weighted by atomic mass is 10.1. The van der Waals surface area contributed by atoms with Crippen molar-refractivity contribution in [3.05, 3.63) is 151 Å².